The number of imide groups is 2. The lowest BCUT2D eigenvalue weighted by Crippen LogP contribution is -2.55. The molecule has 8 fully saturated rings. The minimum absolute atomic E-state index is 0.120. The topological polar surface area (TPSA) is 211 Å². The number of ether oxygens (including phenoxy) is 1. The van der Waals surface area contributed by atoms with Gasteiger partial charge in [0.2, 0.25) is 0 Å². The molecule has 0 spiro atoms. The molecule has 8 aliphatic heterocycles. The summed E-state index contributed by atoms with van der Waals surface area (Å²) in [5, 5.41) is 3.48. The maximum atomic E-state index is 13.3. The molecule has 0 aromatic heterocycles. The van der Waals surface area contributed by atoms with Crippen LogP contribution in [0.4, 0.5) is 16.2 Å². The molecule has 494 valence electrons. The van der Waals surface area contributed by atoms with Crippen LogP contribution in [0.25, 0.3) is 0 Å². The number of fused-ring (bicyclic) bond motifs is 2. The number of rotatable bonds is 16. The number of benzene rings is 3. The largest absolute Gasteiger partial charge is 0.445 e. The summed E-state index contributed by atoms with van der Waals surface area (Å²) >= 11 is 0. The van der Waals surface area contributed by atoms with Crippen molar-refractivity contribution in [3.05, 3.63) is 94.5 Å². The molecule has 22 nitrogen and oxygen atoms in total. The van der Waals surface area contributed by atoms with E-state index in [4.69, 9.17) is 4.74 Å². The zero-order chi connectivity index (χ0) is 64.0. The predicted molar refractivity (Wildman–Crippen MR) is 348 cm³/mol. The van der Waals surface area contributed by atoms with Crippen molar-refractivity contribution >= 4 is 64.2 Å². The lowest BCUT2D eigenvalue weighted by atomic mass is 9.92. The van der Waals surface area contributed by atoms with Crippen molar-refractivity contribution < 1.29 is 47.9 Å². The molecule has 2 aliphatic carbocycles. The van der Waals surface area contributed by atoms with Gasteiger partial charge in [0, 0.05) is 167 Å². The van der Waals surface area contributed by atoms with E-state index in [1.807, 2.05) is 53.4 Å². The van der Waals surface area contributed by atoms with E-state index >= 15 is 0 Å². The number of piperidine rings is 2. The first-order valence-corrected chi connectivity index (χ1v) is 34.3. The molecule has 3 aromatic carbocycles. The lowest BCUT2D eigenvalue weighted by Gasteiger charge is -2.41. The second-order valence-electron chi connectivity index (χ2n) is 27.5. The van der Waals surface area contributed by atoms with Gasteiger partial charge in [-0.25, -0.2) is 4.79 Å². The first-order valence-electron chi connectivity index (χ1n) is 34.3. The van der Waals surface area contributed by atoms with Crippen molar-refractivity contribution in [2.75, 3.05) is 167 Å². The second kappa shape index (κ2) is 29.7. The molecule has 3 aromatic rings. The second-order valence-corrected chi connectivity index (χ2v) is 27.5. The maximum absolute atomic E-state index is 13.3. The predicted octanol–water partition coefficient (Wildman–Crippen LogP) is 4.25. The highest BCUT2D eigenvalue weighted by Crippen LogP contribution is 2.35. The third-order valence-electron chi connectivity index (χ3n) is 21.5. The van der Waals surface area contributed by atoms with Gasteiger partial charge in [-0.2, -0.15) is 0 Å². The van der Waals surface area contributed by atoms with Crippen LogP contribution in [0.1, 0.15) is 125 Å². The number of hydrogen-bond donors (Lipinski definition) is 1. The summed E-state index contributed by atoms with van der Waals surface area (Å²) < 4.78 is 5.56. The SMILES string of the molecule is C[C@H]1CN(C(=O)OCc2ccccc2)CCN1CCN1CCC(CN2CCN(c3ccc4c(c3)C(=O)N(C3CCC(=O)CC3=O)C4=O)CC2)CC1.C[C@H]1CNCCN1CCN1CCC(CN2CCN(c3ccc4c(c3)C(=O)N(C3CCC(=O)CC3=O)C4=O)CC2)CC1. The number of amides is 5. The molecule has 6 saturated heterocycles. The van der Waals surface area contributed by atoms with E-state index in [1.54, 1.807) is 18.2 Å². The van der Waals surface area contributed by atoms with Crippen LogP contribution >= 0.6 is 0 Å². The van der Waals surface area contributed by atoms with Gasteiger partial charge < -0.3 is 34.6 Å². The lowest BCUT2D eigenvalue weighted by molar-refractivity contribution is -0.134. The van der Waals surface area contributed by atoms with Gasteiger partial charge in [0.05, 0.1) is 47.2 Å². The van der Waals surface area contributed by atoms with E-state index in [0.717, 1.165) is 150 Å². The summed E-state index contributed by atoms with van der Waals surface area (Å²) in [6.45, 7) is 29.1. The zero-order valence-electron chi connectivity index (χ0n) is 54.1. The van der Waals surface area contributed by atoms with Gasteiger partial charge in [-0.3, -0.25) is 67.8 Å². The minimum Gasteiger partial charge on any atom is -0.445 e. The van der Waals surface area contributed by atoms with Crippen LogP contribution in [0.3, 0.4) is 0 Å². The molecule has 0 bridgehead atoms. The number of carbonyl (C=O) groups excluding carboxylic acids is 9. The number of piperazine rings is 4. The molecule has 0 radical (unpaired) electrons. The highest BCUT2D eigenvalue weighted by Gasteiger charge is 2.47. The van der Waals surface area contributed by atoms with E-state index in [1.165, 1.54) is 51.9 Å². The van der Waals surface area contributed by atoms with E-state index in [9.17, 15) is 43.2 Å². The van der Waals surface area contributed by atoms with Gasteiger partial charge >= 0.3 is 6.09 Å². The van der Waals surface area contributed by atoms with Crippen LogP contribution in [0, 0.1) is 11.8 Å². The first kappa shape index (κ1) is 65.3. The van der Waals surface area contributed by atoms with Crippen molar-refractivity contribution in [3.8, 4) is 0 Å². The summed E-state index contributed by atoms with van der Waals surface area (Å²) in [5.41, 5.74) is 4.30. The molecule has 2 saturated carbocycles. The summed E-state index contributed by atoms with van der Waals surface area (Å²) in [6, 6.07) is 20.0. The van der Waals surface area contributed by atoms with Crippen LogP contribution in [0.15, 0.2) is 66.7 Å². The molecule has 5 amide bonds. The monoisotopic (exact) mass is 1260 g/mol. The molecule has 8 heterocycles. The highest BCUT2D eigenvalue weighted by atomic mass is 16.6. The van der Waals surface area contributed by atoms with E-state index in [-0.39, 0.29) is 67.8 Å². The fourth-order valence-corrected chi connectivity index (χ4v) is 15.7. The number of Topliss-reactive ketones (excluding diaryl/α,β-unsaturated/α-hetero) is 4. The van der Waals surface area contributed by atoms with Crippen molar-refractivity contribution in [2.45, 2.75) is 109 Å². The molecule has 10 aliphatic rings. The molecule has 13 rings (SSSR count). The van der Waals surface area contributed by atoms with Gasteiger partial charge in [0.1, 0.15) is 18.2 Å². The Morgan fingerprint density at radius 2 is 0.946 bits per heavy atom. The van der Waals surface area contributed by atoms with Crippen LogP contribution < -0.4 is 15.1 Å². The molecule has 22 heteroatoms. The molecule has 4 atom stereocenters. The fourth-order valence-electron chi connectivity index (χ4n) is 15.7. The van der Waals surface area contributed by atoms with Crippen molar-refractivity contribution in [1.82, 2.24) is 49.4 Å². The molecule has 1 N–H and O–H groups in total. The molecular formula is C70H94N12O10. The Labute approximate surface area is 541 Å². The van der Waals surface area contributed by atoms with Crippen LogP contribution in [0.2, 0.25) is 0 Å². The molecule has 2 unspecified atom stereocenters. The van der Waals surface area contributed by atoms with E-state index < -0.39 is 35.7 Å². The molecule has 92 heavy (non-hydrogen) atoms. The normalized spacial score (nSPS) is 25.8. The summed E-state index contributed by atoms with van der Waals surface area (Å²) in [4.78, 5) is 138. The van der Waals surface area contributed by atoms with Crippen LogP contribution in [-0.4, -0.2) is 278 Å². The Morgan fingerprint density at radius 1 is 0.478 bits per heavy atom. The summed E-state index contributed by atoms with van der Waals surface area (Å²) in [7, 11) is 0. The Balaban J connectivity index is 0.000000182. The Hall–Kier alpha value is -6.79. The number of nitrogens with zero attached hydrogens (tertiary/aromatic N) is 11. The number of carbonyl (C=O) groups is 9. The number of hydrogen-bond acceptors (Lipinski definition) is 19. The number of nitrogens with one attached hydrogen (secondary N) is 1. The third-order valence-corrected chi connectivity index (χ3v) is 21.5. The number of ketones is 4. The van der Waals surface area contributed by atoms with Crippen LogP contribution in [-0.2, 0) is 30.5 Å². The van der Waals surface area contributed by atoms with Gasteiger partial charge in [0.15, 0.2) is 11.6 Å². The number of anilines is 2. The first-order chi connectivity index (χ1) is 44.6. The maximum Gasteiger partial charge on any atom is 0.410 e. The van der Waals surface area contributed by atoms with Crippen molar-refractivity contribution in [1.29, 1.82) is 0 Å². The zero-order valence-corrected chi connectivity index (χ0v) is 54.1. The van der Waals surface area contributed by atoms with Crippen molar-refractivity contribution in [3.63, 3.8) is 0 Å². The quantitative estimate of drug-likeness (QED) is 0.157. The van der Waals surface area contributed by atoms with Gasteiger partial charge in [-0.1, -0.05) is 30.3 Å². The summed E-state index contributed by atoms with van der Waals surface area (Å²) in [6.07, 6.45) is 5.20. The smallest absolute Gasteiger partial charge is 0.410 e. The summed E-state index contributed by atoms with van der Waals surface area (Å²) in [5.74, 6) is -1.18. The van der Waals surface area contributed by atoms with Crippen molar-refractivity contribution in [2.24, 2.45) is 11.8 Å². The minimum atomic E-state index is -0.844. The average Bonchev–Trinajstić information content (AvgIpc) is 1.62. The van der Waals surface area contributed by atoms with Gasteiger partial charge in [-0.15, -0.1) is 0 Å². The molecular weight excluding hydrogens is 1170 g/mol. The Kier molecular flexibility index (Phi) is 21.0. The van der Waals surface area contributed by atoms with E-state index in [0.29, 0.717) is 60.0 Å². The number of likely N-dealkylation sites (tertiary alicyclic amines) is 2. The highest BCUT2D eigenvalue weighted by molar-refractivity contribution is 6.25. The van der Waals surface area contributed by atoms with Crippen LogP contribution in [0.5, 0.6) is 0 Å². The van der Waals surface area contributed by atoms with Gasteiger partial charge in [0.25, 0.3) is 23.6 Å². The Morgan fingerprint density at radius 3 is 1.40 bits per heavy atom. The van der Waals surface area contributed by atoms with Gasteiger partial charge in [-0.05, 0) is 132 Å². The van der Waals surface area contributed by atoms with E-state index in [2.05, 4.69) is 58.4 Å². The average molecular weight is 1260 g/mol. The third kappa shape index (κ3) is 15.2. The fraction of sp³-hybridized carbons (Fsp3) is 0.614. The standard InChI is InChI=1S/C39H50N6O6.C31H44N6O4/c1-28-25-44(39(50)51-27-30-5-3-2-4-6-30)22-21-42(28)18-15-40-13-11-29(12-14-40)26-41-16-19-43(20-17-41)31-7-9-33-34(23-31)38(49)45(37(33)48)35-10-8-32(46)24-36(35)47;1-22-20-32-8-11-35(22)15-12-33-9-6-23(7-10-33)21-34-13-16-36(17-14-34)24-2-4-26-27(18-24)31(41)37(30(26)40)28-5-3-25(38)19-29(28)39/h2-7,9,23,28-29,35H,8,10-22,24-27H2,1H3;2,4,18,22-23,28,32H,3,5-17,19-21H2,1H3/t28-,35?;22-,28?/m00/s1. The Bertz CT molecular complexity index is 3210.